The van der Waals surface area contributed by atoms with Crippen molar-refractivity contribution in [2.24, 2.45) is 0 Å². The zero-order valence-electron chi connectivity index (χ0n) is 46.6. The molecule has 0 aromatic heterocycles. The number of aliphatic hydroxyl groups is 23. The van der Waals surface area contributed by atoms with Gasteiger partial charge in [-0.25, -0.2) is 0 Å². The SMILES string of the molecule is CC1OC(O)[C@@H](O)[C@H](O)[C@H]1NC1C=C(CO)[C@H](OC2OC(CO)[C@H](OC3OC(C)[C@H](NC4C=C(CO)[C@H](OC5OC(CO)[C@H](OC6OC(C)[C@H](NC7C=C(CO)[C@H](O)[C@@H](O)[C@@H]7O)[C@@H](O)[C@@H]6O)[C@@H](O)[C@@H]5O)[C@@H](O)[C@@H]4O)[C@@H](O)[C@@H]3O)[C@@H](O)[C@@H]2O)[C@@H](O)[C@@H]1O. The molecule has 0 aromatic rings. The van der Waals surface area contributed by atoms with Gasteiger partial charge >= 0.3 is 0 Å². The van der Waals surface area contributed by atoms with E-state index in [2.05, 4.69) is 16.0 Å². The highest BCUT2D eigenvalue weighted by molar-refractivity contribution is 5.25. The minimum absolute atomic E-state index is 0.0252. The van der Waals surface area contributed by atoms with Crippen LogP contribution in [-0.4, -0.2) is 377 Å². The van der Waals surface area contributed by atoms with Crippen LogP contribution in [0.3, 0.4) is 0 Å². The van der Waals surface area contributed by atoms with Gasteiger partial charge in [-0.2, -0.15) is 0 Å². The van der Waals surface area contributed by atoms with E-state index in [0.717, 1.165) is 0 Å². The average Bonchev–Trinajstić information content (AvgIpc) is 1.05. The fraction of sp³-hybridized carbons (Fsp3) is 0.882. The van der Waals surface area contributed by atoms with Crippen molar-refractivity contribution in [2.45, 2.75) is 247 Å². The van der Waals surface area contributed by atoms with Gasteiger partial charge in [0.05, 0.1) is 87.6 Å². The van der Waals surface area contributed by atoms with Gasteiger partial charge in [0.2, 0.25) is 0 Å². The summed E-state index contributed by atoms with van der Waals surface area (Å²) in [6, 6.07) is -7.35. The molecule has 37 atom stereocenters. The van der Waals surface area contributed by atoms with Crippen molar-refractivity contribution >= 4 is 0 Å². The molecule has 0 spiro atoms. The topological polar surface area (TPSA) is 584 Å². The maximum atomic E-state index is 11.5. The van der Waals surface area contributed by atoms with Crippen molar-refractivity contribution in [3.8, 4) is 0 Å². The molecule has 0 amide bonds. The Bertz CT molecular complexity index is 2280. The van der Waals surface area contributed by atoms with E-state index in [1.165, 1.54) is 39.0 Å². The van der Waals surface area contributed by atoms with E-state index in [9.17, 15) is 117 Å². The molecule has 5 aliphatic heterocycles. The molecule has 8 aliphatic rings. The van der Waals surface area contributed by atoms with Gasteiger partial charge in [0.25, 0.3) is 0 Å². The molecular weight excluding hydrogens is 1170 g/mol. The largest absolute Gasteiger partial charge is 0.394 e. The highest BCUT2D eigenvalue weighted by atomic mass is 16.8. The Kier molecular flexibility index (Phi) is 23.7. The third-order valence-electron chi connectivity index (χ3n) is 17.4. The standard InChI is InChI=1S/C51H85N3O32/c1-12-23(30(64)38(72)47(77)78-12)53-19-5-16(8-56)43(34(68)28(19)62)83-50-41(75)37(71)46(22(11-59)81-50)86-49-40(74)32(66)25(14(3)80-49)54-20-6-17(9-57)44(35(69)29(20)63)84-51-42(76)36(70)45(21(10-58)82-51)85-48-39(73)31(65)24(13(2)79-48)52-18-4-15(7-55)26(60)33(67)27(18)61/h4-6,12-14,18-77H,7-11H2,1-3H3/t12?,13?,14?,18?,19?,20?,21?,22?,23-,24-,25-,26-,27+,28+,29+,30+,31+,32+,33+,34-,35-,36-,37-,38-,39-,40-,41-,42-,43-,44-,45-,46-,47?,48?,49?,50?,51?/m0/s1. The first-order valence-electron chi connectivity index (χ1n) is 28.2. The summed E-state index contributed by atoms with van der Waals surface area (Å²) in [5.74, 6) is 0. The molecule has 86 heavy (non-hydrogen) atoms. The Morgan fingerprint density at radius 2 is 0.651 bits per heavy atom. The second-order valence-corrected chi connectivity index (χ2v) is 23.1. The fourth-order valence-electron chi connectivity index (χ4n) is 12.3. The number of ether oxygens (including phenoxy) is 9. The van der Waals surface area contributed by atoms with Crippen molar-refractivity contribution in [1.29, 1.82) is 0 Å². The second kappa shape index (κ2) is 29.2. The fourth-order valence-corrected chi connectivity index (χ4v) is 12.3. The minimum atomic E-state index is -2.08. The normalized spacial score (nSPS) is 52.3. The van der Waals surface area contributed by atoms with E-state index >= 15 is 0 Å². The van der Waals surface area contributed by atoms with Crippen LogP contribution in [0.15, 0.2) is 34.9 Å². The van der Waals surface area contributed by atoms with Crippen LogP contribution in [0.5, 0.6) is 0 Å². The molecule has 0 radical (unpaired) electrons. The molecule has 35 nitrogen and oxygen atoms in total. The summed E-state index contributed by atoms with van der Waals surface area (Å²) in [5.41, 5.74) is -0.269. The van der Waals surface area contributed by atoms with E-state index in [1.807, 2.05) is 0 Å². The van der Waals surface area contributed by atoms with Crippen LogP contribution >= 0.6 is 0 Å². The van der Waals surface area contributed by atoms with E-state index < -0.39 is 259 Å². The summed E-state index contributed by atoms with van der Waals surface area (Å²) < 4.78 is 51.6. The molecule has 26 N–H and O–H groups in total. The third kappa shape index (κ3) is 13.9. The highest BCUT2D eigenvalue weighted by Crippen LogP contribution is 2.37. The van der Waals surface area contributed by atoms with Crippen LogP contribution < -0.4 is 16.0 Å². The number of aliphatic hydroxyl groups excluding tert-OH is 23. The van der Waals surface area contributed by atoms with Crippen LogP contribution in [-0.2, 0) is 42.6 Å². The minimum Gasteiger partial charge on any atom is -0.394 e. The first-order chi connectivity index (χ1) is 40.6. The van der Waals surface area contributed by atoms with Crippen LogP contribution in [0, 0.1) is 0 Å². The molecule has 13 unspecified atom stereocenters. The van der Waals surface area contributed by atoms with Gasteiger partial charge in [-0.15, -0.1) is 0 Å². The van der Waals surface area contributed by atoms with Crippen molar-refractivity contribution in [3.63, 3.8) is 0 Å². The Morgan fingerprint density at radius 3 is 1.01 bits per heavy atom. The first kappa shape index (κ1) is 69.7. The van der Waals surface area contributed by atoms with E-state index in [0.29, 0.717) is 0 Å². The number of hydrogen-bond acceptors (Lipinski definition) is 35. The van der Waals surface area contributed by atoms with E-state index in [-0.39, 0.29) is 16.7 Å². The highest BCUT2D eigenvalue weighted by Gasteiger charge is 2.56. The predicted octanol–water partition coefficient (Wildman–Crippen LogP) is -14.9. The zero-order valence-corrected chi connectivity index (χ0v) is 46.6. The summed E-state index contributed by atoms with van der Waals surface area (Å²) in [6.45, 7) is 0.0499. The van der Waals surface area contributed by atoms with Gasteiger partial charge in [0, 0.05) is 0 Å². The molecule has 8 rings (SSSR count). The zero-order chi connectivity index (χ0) is 63.2. The first-order valence-corrected chi connectivity index (χ1v) is 28.2. The van der Waals surface area contributed by atoms with Crippen LogP contribution in [0.4, 0.5) is 0 Å². The van der Waals surface area contributed by atoms with Gasteiger partial charge in [0.15, 0.2) is 31.5 Å². The number of nitrogens with one attached hydrogen (secondary N) is 3. The molecule has 5 fully saturated rings. The lowest BCUT2D eigenvalue weighted by atomic mass is 9.86. The summed E-state index contributed by atoms with van der Waals surface area (Å²) in [7, 11) is 0. The molecule has 0 bridgehead atoms. The Morgan fingerprint density at radius 1 is 0.337 bits per heavy atom. The van der Waals surface area contributed by atoms with E-state index in [1.54, 1.807) is 0 Å². The number of rotatable bonds is 19. The average molecular weight is 1250 g/mol. The summed E-state index contributed by atoms with van der Waals surface area (Å²) >= 11 is 0. The van der Waals surface area contributed by atoms with Crippen molar-refractivity contribution in [3.05, 3.63) is 34.9 Å². The van der Waals surface area contributed by atoms with Crippen molar-refractivity contribution in [2.75, 3.05) is 33.0 Å². The van der Waals surface area contributed by atoms with E-state index in [4.69, 9.17) is 42.6 Å². The molecule has 496 valence electrons. The molecule has 35 heteroatoms. The summed E-state index contributed by atoms with van der Waals surface area (Å²) in [6.07, 6.45) is -50.1. The van der Waals surface area contributed by atoms with Crippen LogP contribution in [0.25, 0.3) is 0 Å². The number of hydrogen-bond donors (Lipinski definition) is 26. The molecular formula is C51H85N3O32. The van der Waals surface area contributed by atoms with Gasteiger partial charge < -0.3 is 176 Å². The maximum Gasteiger partial charge on any atom is 0.187 e. The molecule has 5 saturated heterocycles. The Hall–Kier alpha value is -2.18. The van der Waals surface area contributed by atoms with Gasteiger partial charge in [-0.1, -0.05) is 18.2 Å². The molecule has 3 aliphatic carbocycles. The predicted molar refractivity (Wildman–Crippen MR) is 276 cm³/mol. The lowest BCUT2D eigenvalue weighted by Gasteiger charge is -2.49. The smallest absolute Gasteiger partial charge is 0.187 e. The van der Waals surface area contributed by atoms with Crippen molar-refractivity contribution < 1.29 is 160 Å². The lowest BCUT2D eigenvalue weighted by molar-refractivity contribution is -0.357. The monoisotopic (exact) mass is 1250 g/mol. The second-order valence-electron chi connectivity index (χ2n) is 23.1. The van der Waals surface area contributed by atoms with Crippen LogP contribution in [0.2, 0.25) is 0 Å². The summed E-state index contributed by atoms with van der Waals surface area (Å²) in [4.78, 5) is 0. The van der Waals surface area contributed by atoms with Crippen molar-refractivity contribution in [1.82, 2.24) is 16.0 Å². The van der Waals surface area contributed by atoms with Crippen LogP contribution in [0.1, 0.15) is 20.8 Å². The lowest BCUT2D eigenvalue weighted by Crippen LogP contribution is -2.69. The van der Waals surface area contributed by atoms with Gasteiger partial charge in [-0.05, 0) is 37.5 Å². The summed E-state index contributed by atoms with van der Waals surface area (Å²) in [5, 5.41) is 257. The third-order valence-corrected chi connectivity index (χ3v) is 17.4. The maximum absolute atomic E-state index is 11.5. The van der Waals surface area contributed by atoms with Gasteiger partial charge in [0.1, 0.15) is 140 Å². The molecule has 0 saturated carbocycles. The molecule has 0 aromatic carbocycles. The molecule has 5 heterocycles. The quantitative estimate of drug-likeness (QED) is 0.0534. The van der Waals surface area contributed by atoms with Gasteiger partial charge in [-0.3, -0.25) is 0 Å². The Labute approximate surface area is 490 Å². The Balaban J connectivity index is 0.857.